The maximum atomic E-state index is 3.77. The van der Waals surface area contributed by atoms with Gasteiger partial charge in [-0.3, -0.25) is 0 Å². The van der Waals surface area contributed by atoms with Crippen LogP contribution in [-0.2, 0) is 0 Å². The van der Waals surface area contributed by atoms with Crippen LogP contribution in [0.1, 0.15) is 51.4 Å². The Labute approximate surface area is 99.8 Å². The molecule has 92 valence electrons. The topological polar surface area (TPSA) is 15.3 Å². The molecule has 1 N–H and O–H groups in total. The molecule has 2 aliphatic heterocycles. The van der Waals surface area contributed by atoms with E-state index in [1.54, 1.807) is 0 Å². The standard InChI is InChI=1S/C14H26N2/c1-2-4-12(3-1)7-9-16-10-8-13-5-6-14(11-16)15-13/h12-15H,1-11H2. The third-order valence-corrected chi connectivity index (χ3v) is 4.94. The van der Waals surface area contributed by atoms with E-state index in [0.29, 0.717) is 0 Å². The van der Waals surface area contributed by atoms with Gasteiger partial charge in [0.25, 0.3) is 0 Å². The molecule has 2 nitrogen and oxygen atoms in total. The maximum absolute atomic E-state index is 3.77. The second-order valence-corrected chi connectivity index (χ2v) is 6.17. The highest BCUT2D eigenvalue weighted by Crippen LogP contribution is 2.28. The van der Waals surface area contributed by atoms with E-state index in [-0.39, 0.29) is 0 Å². The number of rotatable bonds is 3. The summed E-state index contributed by atoms with van der Waals surface area (Å²) < 4.78 is 0. The summed E-state index contributed by atoms with van der Waals surface area (Å²) >= 11 is 0. The van der Waals surface area contributed by atoms with Crippen molar-refractivity contribution in [1.29, 1.82) is 0 Å². The average molecular weight is 222 g/mol. The van der Waals surface area contributed by atoms with Crippen LogP contribution in [0.15, 0.2) is 0 Å². The summed E-state index contributed by atoms with van der Waals surface area (Å²) in [6.45, 7) is 4.04. The van der Waals surface area contributed by atoms with E-state index in [0.717, 1.165) is 18.0 Å². The van der Waals surface area contributed by atoms with Crippen LogP contribution in [0.25, 0.3) is 0 Å². The normalized spacial score (nSPS) is 36.8. The van der Waals surface area contributed by atoms with Gasteiger partial charge in [-0.2, -0.15) is 0 Å². The first-order valence-electron chi connectivity index (χ1n) is 7.38. The van der Waals surface area contributed by atoms with E-state index >= 15 is 0 Å². The third-order valence-electron chi connectivity index (χ3n) is 4.94. The molecular weight excluding hydrogens is 196 g/mol. The fraction of sp³-hybridized carbons (Fsp3) is 1.00. The number of hydrogen-bond acceptors (Lipinski definition) is 2. The molecule has 0 aromatic heterocycles. The van der Waals surface area contributed by atoms with Crippen molar-refractivity contribution in [2.75, 3.05) is 19.6 Å². The maximum Gasteiger partial charge on any atom is 0.0198 e. The predicted octanol–water partition coefficient (Wildman–Crippen LogP) is 2.39. The van der Waals surface area contributed by atoms with Crippen LogP contribution < -0.4 is 5.32 Å². The summed E-state index contributed by atoms with van der Waals surface area (Å²) in [5.41, 5.74) is 0. The van der Waals surface area contributed by atoms with Crippen LogP contribution in [0, 0.1) is 5.92 Å². The van der Waals surface area contributed by atoms with E-state index in [1.165, 1.54) is 71.0 Å². The zero-order valence-corrected chi connectivity index (χ0v) is 10.5. The van der Waals surface area contributed by atoms with Crippen molar-refractivity contribution >= 4 is 0 Å². The first kappa shape index (κ1) is 11.0. The molecule has 3 aliphatic rings. The Morgan fingerprint density at radius 3 is 2.62 bits per heavy atom. The lowest BCUT2D eigenvalue weighted by Gasteiger charge is -2.25. The molecule has 3 fully saturated rings. The quantitative estimate of drug-likeness (QED) is 0.789. The fourth-order valence-corrected chi connectivity index (χ4v) is 3.88. The summed E-state index contributed by atoms with van der Waals surface area (Å²) in [4.78, 5) is 2.73. The van der Waals surface area contributed by atoms with Crippen LogP contribution >= 0.6 is 0 Å². The monoisotopic (exact) mass is 222 g/mol. The van der Waals surface area contributed by atoms with E-state index in [4.69, 9.17) is 0 Å². The Morgan fingerprint density at radius 1 is 0.938 bits per heavy atom. The van der Waals surface area contributed by atoms with Gasteiger partial charge < -0.3 is 10.2 Å². The van der Waals surface area contributed by atoms with Crippen molar-refractivity contribution in [3.8, 4) is 0 Å². The van der Waals surface area contributed by atoms with Crippen molar-refractivity contribution in [3.05, 3.63) is 0 Å². The highest BCUT2D eigenvalue weighted by molar-refractivity contribution is 4.89. The van der Waals surface area contributed by atoms with Gasteiger partial charge in [0.15, 0.2) is 0 Å². The molecule has 2 unspecified atom stereocenters. The van der Waals surface area contributed by atoms with Crippen molar-refractivity contribution in [3.63, 3.8) is 0 Å². The Hall–Kier alpha value is -0.0800. The lowest BCUT2D eigenvalue weighted by Crippen LogP contribution is -2.36. The third kappa shape index (κ3) is 2.60. The van der Waals surface area contributed by atoms with Crippen molar-refractivity contribution in [2.24, 2.45) is 5.92 Å². The number of nitrogens with zero attached hydrogens (tertiary/aromatic N) is 1. The summed E-state index contributed by atoms with van der Waals surface area (Å²) in [7, 11) is 0. The minimum atomic E-state index is 0.816. The van der Waals surface area contributed by atoms with Crippen LogP contribution in [0.4, 0.5) is 0 Å². The van der Waals surface area contributed by atoms with Crippen molar-refractivity contribution in [2.45, 2.75) is 63.5 Å². The number of likely N-dealkylation sites (tertiary alicyclic amines) is 1. The van der Waals surface area contributed by atoms with E-state index in [1.807, 2.05) is 0 Å². The number of hydrogen-bond donors (Lipinski definition) is 1. The Bertz CT molecular complexity index is 223. The van der Waals surface area contributed by atoms with Crippen LogP contribution in [0.3, 0.4) is 0 Å². The highest BCUT2D eigenvalue weighted by atomic mass is 15.2. The molecule has 2 atom stereocenters. The first-order valence-corrected chi connectivity index (χ1v) is 7.38. The Kier molecular flexibility index (Phi) is 3.49. The molecule has 2 heteroatoms. The van der Waals surface area contributed by atoms with Gasteiger partial charge in [0.05, 0.1) is 0 Å². The molecule has 3 rings (SSSR count). The molecule has 2 saturated heterocycles. The Balaban J connectivity index is 1.44. The molecule has 2 heterocycles. The van der Waals surface area contributed by atoms with Gasteiger partial charge in [-0.1, -0.05) is 25.7 Å². The van der Waals surface area contributed by atoms with Crippen LogP contribution in [0.5, 0.6) is 0 Å². The second kappa shape index (κ2) is 5.05. The molecule has 1 saturated carbocycles. The fourth-order valence-electron chi connectivity index (χ4n) is 3.88. The van der Waals surface area contributed by atoms with Gasteiger partial charge in [-0.25, -0.2) is 0 Å². The molecule has 0 radical (unpaired) electrons. The van der Waals surface area contributed by atoms with Gasteiger partial charge in [-0.05, 0) is 44.7 Å². The van der Waals surface area contributed by atoms with Gasteiger partial charge in [0, 0.05) is 18.6 Å². The summed E-state index contributed by atoms with van der Waals surface area (Å²) in [6.07, 6.45) is 11.7. The second-order valence-electron chi connectivity index (χ2n) is 6.17. The van der Waals surface area contributed by atoms with Gasteiger partial charge in [0.2, 0.25) is 0 Å². The molecule has 0 aromatic rings. The summed E-state index contributed by atoms with van der Waals surface area (Å²) in [5, 5.41) is 3.77. The first-order chi connectivity index (χ1) is 7.90. The summed E-state index contributed by atoms with van der Waals surface area (Å²) in [5.74, 6) is 1.06. The molecule has 0 aromatic carbocycles. The lowest BCUT2D eigenvalue weighted by atomic mass is 10.0. The zero-order chi connectivity index (χ0) is 10.8. The molecule has 0 spiro atoms. The van der Waals surface area contributed by atoms with Gasteiger partial charge >= 0.3 is 0 Å². The molecule has 16 heavy (non-hydrogen) atoms. The highest BCUT2D eigenvalue weighted by Gasteiger charge is 2.29. The molecular formula is C14H26N2. The Morgan fingerprint density at radius 2 is 1.75 bits per heavy atom. The zero-order valence-electron chi connectivity index (χ0n) is 10.5. The average Bonchev–Trinajstić information content (AvgIpc) is 2.87. The van der Waals surface area contributed by atoms with Gasteiger partial charge in [0.1, 0.15) is 0 Å². The molecule has 0 amide bonds. The van der Waals surface area contributed by atoms with E-state index in [9.17, 15) is 0 Å². The van der Waals surface area contributed by atoms with E-state index in [2.05, 4.69) is 10.2 Å². The smallest absolute Gasteiger partial charge is 0.0198 e. The predicted molar refractivity (Wildman–Crippen MR) is 67.6 cm³/mol. The minimum Gasteiger partial charge on any atom is -0.310 e. The summed E-state index contributed by atoms with van der Waals surface area (Å²) in [6, 6.07) is 1.66. The minimum absolute atomic E-state index is 0.816. The molecule has 1 aliphatic carbocycles. The van der Waals surface area contributed by atoms with E-state index < -0.39 is 0 Å². The largest absolute Gasteiger partial charge is 0.310 e. The van der Waals surface area contributed by atoms with Crippen molar-refractivity contribution < 1.29 is 0 Å². The van der Waals surface area contributed by atoms with Crippen LogP contribution in [0.2, 0.25) is 0 Å². The SMILES string of the molecule is C1CCC(CCN2CCC3CCC(C2)N3)C1. The van der Waals surface area contributed by atoms with Crippen molar-refractivity contribution in [1.82, 2.24) is 10.2 Å². The molecule has 2 bridgehead atoms. The van der Waals surface area contributed by atoms with Gasteiger partial charge in [-0.15, -0.1) is 0 Å². The van der Waals surface area contributed by atoms with Crippen LogP contribution in [-0.4, -0.2) is 36.6 Å². The number of fused-ring (bicyclic) bond motifs is 2. The number of nitrogens with one attached hydrogen (secondary N) is 1. The lowest BCUT2D eigenvalue weighted by molar-refractivity contribution is 0.239.